The first-order chi connectivity index (χ1) is 13.4. The molecule has 156 valence electrons. The molecule has 0 aliphatic rings. The van der Waals surface area contributed by atoms with E-state index < -0.39 is 27.6 Å². The van der Waals surface area contributed by atoms with Gasteiger partial charge in [-0.05, 0) is 51.0 Å². The van der Waals surface area contributed by atoms with Gasteiger partial charge in [0.25, 0.3) is 0 Å². The van der Waals surface area contributed by atoms with Crippen LogP contribution >= 0.6 is 11.3 Å². The smallest absolute Gasteiger partial charge is 0.324 e. The van der Waals surface area contributed by atoms with E-state index in [0.717, 1.165) is 20.2 Å². The molecule has 0 radical (unpaired) electrons. The number of nitrogens with one attached hydrogen (secondary N) is 1. The van der Waals surface area contributed by atoms with E-state index in [4.69, 9.17) is 10.5 Å². The van der Waals surface area contributed by atoms with Crippen LogP contribution in [0.1, 0.15) is 34.6 Å². The molecule has 1 atom stereocenters. The summed E-state index contributed by atoms with van der Waals surface area (Å²) in [6.07, 6.45) is 0. The fraction of sp³-hybridized carbons (Fsp3) is 0.381. The summed E-state index contributed by atoms with van der Waals surface area (Å²) in [6.45, 7) is 8.80. The molecule has 0 fully saturated rings. The molecule has 3 N–H and O–H groups in total. The van der Waals surface area contributed by atoms with Crippen molar-refractivity contribution in [2.75, 3.05) is 5.73 Å². The summed E-state index contributed by atoms with van der Waals surface area (Å²) < 4.78 is 35.7. The molecule has 3 aromatic rings. The van der Waals surface area contributed by atoms with E-state index in [1.54, 1.807) is 52.8 Å². The zero-order valence-corrected chi connectivity index (χ0v) is 18.8. The van der Waals surface area contributed by atoms with Crippen LogP contribution in [0.15, 0.2) is 41.3 Å². The molecule has 0 saturated heterocycles. The van der Waals surface area contributed by atoms with Crippen LogP contribution in [-0.4, -0.2) is 26.0 Å². The summed E-state index contributed by atoms with van der Waals surface area (Å²) in [5.74, 6) is -0.856. The van der Waals surface area contributed by atoms with Crippen LogP contribution in [0.2, 0.25) is 0 Å². The van der Waals surface area contributed by atoms with Crippen molar-refractivity contribution < 1.29 is 17.9 Å². The largest absolute Gasteiger partial charge is 0.459 e. The molecule has 0 amide bonds. The van der Waals surface area contributed by atoms with Gasteiger partial charge in [-0.1, -0.05) is 26.0 Å². The lowest BCUT2D eigenvalue weighted by Gasteiger charge is -2.26. The maximum atomic E-state index is 13.0. The highest BCUT2D eigenvalue weighted by Gasteiger charge is 2.32. The molecule has 0 saturated carbocycles. The Labute approximate surface area is 175 Å². The van der Waals surface area contributed by atoms with E-state index in [1.807, 2.05) is 18.2 Å². The third-order valence-corrected chi connectivity index (χ3v) is 6.94. The molecule has 0 aliphatic heterocycles. The van der Waals surface area contributed by atoms with Gasteiger partial charge >= 0.3 is 5.97 Å². The molecule has 1 heterocycles. The van der Waals surface area contributed by atoms with E-state index in [9.17, 15) is 13.2 Å². The molecule has 3 rings (SSSR count). The third-order valence-electron chi connectivity index (χ3n) is 4.39. The number of nitrogen functional groups attached to an aromatic ring is 1. The van der Waals surface area contributed by atoms with E-state index in [2.05, 4.69) is 4.72 Å². The molecule has 0 spiro atoms. The SMILES string of the molecule is CC(C)[C@H](NS(=O)(=O)c1ccc2c(c1)sc1cc(N)ccc12)C(=O)OC(C)(C)C. The fourth-order valence-electron chi connectivity index (χ4n) is 3.00. The van der Waals surface area contributed by atoms with E-state index in [0.29, 0.717) is 5.69 Å². The van der Waals surface area contributed by atoms with Gasteiger partial charge in [-0.2, -0.15) is 4.72 Å². The van der Waals surface area contributed by atoms with Crippen LogP contribution in [0.3, 0.4) is 0 Å². The second kappa shape index (κ2) is 7.59. The number of ether oxygens (including phenoxy) is 1. The quantitative estimate of drug-likeness (QED) is 0.461. The molecule has 8 heteroatoms. The Kier molecular flexibility index (Phi) is 5.64. The Morgan fingerprint density at radius 3 is 2.24 bits per heavy atom. The zero-order chi connectivity index (χ0) is 21.6. The molecular weight excluding hydrogens is 408 g/mol. The first kappa shape index (κ1) is 21.5. The minimum Gasteiger partial charge on any atom is -0.459 e. The second-order valence-corrected chi connectivity index (χ2v) is 11.2. The van der Waals surface area contributed by atoms with Crippen LogP contribution in [0.4, 0.5) is 5.69 Å². The Bertz CT molecular complexity index is 1170. The minimum atomic E-state index is -3.91. The van der Waals surface area contributed by atoms with E-state index >= 15 is 0 Å². The number of anilines is 1. The van der Waals surface area contributed by atoms with Gasteiger partial charge < -0.3 is 10.5 Å². The molecule has 29 heavy (non-hydrogen) atoms. The second-order valence-electron chi connectivity index (χ2n) is 8.39. The normalized spacial score (nSPS) is 13.9. The summed E-state index contributed by atoms with van der Waals surface area (Å²) >= 11 is 1.48. The number of nitrogens with two attached hydrogens (primary N) is 1. The van der Waals surface area contributed by atoms with Gasteiger partial charge in [-0.25, -0.2) is 8.42 Å². The molecule has 0 unspecified atom stereocenters. The maximum Gasteiger partial charge on any atom is 0.324 e. The van der Waals surface area contributed by atoms with Gasteiger partial charge in [0.15, 0.2) is 0 Å². The summed E-state index contributed by atoms with van der Waals surface area (Å²) in [6, 6.07) is 9.64. The third kappa shape index (κ3) is 4.71. The molecule has 6 nitrogen and oxygen atoms in total. The van der Waals surface area contributed by atoms with Gasteiger partial charge in [0.05, 0.1) is 4.90 Å². The minimum absolute atomic E-state index is 0.110. The van der Waals surface area contributed by atoms with Crippen LogP contribution in [0, 0.1) is 5.92 Å². The van der Waals surface area contributed by atoms with E-state index in [1.165, 1.54) is 11.3 Å². The molecule has 2 aromatic carbocycles. The highest BCUT2D eigenvalue weighted by Crippen LogP contribution is 2.36. The lowest BCUT2D eigenvalue weighted by atomic mass is 10.1. The summed E-state index contributed by atoms with van der Waals surface area (Å²) in [7, 11) is -3.91. The summed E-state index contributed by atoms with van der Waals surface area (Å²) in [5, 5.41) is 2.00. The number of hydrogen-bond acceptors (Lipinski definition) is 6. The van der Waals surface area contributed by atoms with Crippen molar-refractivity contribution >= 4 is 53.2 Å². The predicted octanol–water partition coefficient (Wildman–Crippen LogP) is 4.28. The summed E-state index contributed by atoms with van der Waals surface area (Å²) in [4.78, 5) is 12.6. The number of sulfonamides is 1. The van der Waals surface area contributed by atoms with Crippen LogP contribution < -0.4 is 10.5 Å². The first-order valence-electron chi connectivity index (χ1n) is 9.34. The van der Waals surface area contributed by atoms with Crippen molar-refractivity contribution in [1.29, 1.82) is 0 Å². The highest BCUT2D eigenvalue weighted by atomic mass is 32.2. The topological polar surface area (TPSA) is 98.5 Å². The lowest BCUT2D eigenvalue weighted by Crippen LogP contribution is -2.47. The van der Waals surface area contributed by atoms with E-state index in [-0.39, 0.29) is 10.8 Å². The fourth-order valence-corrected chi connectivity index (χ4v) is 5.63. The number of rotatable bonds is 5. The first-order valence-corrected chi connectivity index (χ1v) is 11.6. The van der Waals surface area contributed by atoms with Crippen LogP contribution in [0.25, 0.3) is 20.2 Å². The van der Waals surface area contributed by atoms with Crippen LogP contribution in [-0.2, 0) is 19.6 Å². The van der Waals surface area contributed by atoms with Crippen molar-refractivity contribution in [1.82, 2.24) is 4.72 Å². The van der Waals surface area contributed by atoms with Gasteiger partial charge in [-0.3, -0.25) is 4.79 Å². The maximum absolute atomic E-state index is 13.0. The highest BCUT2D eigenvalue weighted by molar-refractivity contribution is 7.89. The lowest BCUT2D eigenvalue weighted by molar-refractivity contribution is -0.158. The number of fused-ring (bicyclic) bond motifs is 3. The Morgan fingerprint density at radius 1 is 1.07 bits per heavy atom. The Morgan fingerprint density at radius 2 is 1.66 bits per heavy atom. The molecule has 1 aromatic heterocycles. The van der Waals surface area contributed by atoms with Crippen LogP contribution in [0.5, 0.6) is 0 Å². The molecule has 0 aliphatic carbocycles. The van der Waals surface area contributed by atoms with Crippen molar-refractivity contribution in [3.05, 3.63) is 36.4 Å². The number of hydrogen-bond donors (Lipinski definition) is 2. The van der Waals surface area contributed by atoms with Gasteiger partial charge in [0, 0.05) is 25.9 Å². The molecular formula is C21H26N2O4S2. The van der Waals surface area contributed by atoms with Crippen molar-refractivity contribution in [3.63, 3.8) is 0 Å². The zero-order valence-electron chi connectivity index (χ0n) is 17.1. The number of benzene rings is 2. The van der Waals surface area contributed by atoms with Gasteiger partial charge in [0.1, 0.15) is 11.6 Å². The molecule has 0 bridgehead atoms. The number of esters is 1. The van der Waals surface area contributed by atoms with Crippen molar-refractivity contribution in [3.8, 4) is 0 Å². The summed E-state index contributed by atoms with van der Waals surface area (Å²) in [5.41, 5.74) is 5.82. The number of carbonyl (C=O) groups excluding carboxylic acids is 1. The van der Waals surface area contributed by atoms with Crippen molar-refractivity contribution in [2.45, 2.75) is 51.2 Å². The van der Waals surface area contributed by atoms with Gasteiger partial charge in [-0.15, -0.1) is 11.3 Å². The van der Waals surface area contributed by atoms with Crippen molar-refractivity contribution in [2.24, 2.45) is 5.92 Å². The standard InChI is InChI=1S/C21H26N2O4S2/c1-12(2)19(20(24)27-21(3,4)5)23-29(25,26)14-7-9-16-15-8-6-13(22)10-17(15)28-18(16)11-14/h6-12,19,23H,22H2,1-5H3/t19-/m0/s1. The number of carbonyl (C=O) groups is 1. The number of thiophene rings is 1. The Hall–Kier alpha value is -2.16. The monoisotopic (exact) mass is 434 g/mol. The predicted molar refractivity (Wildman–Crippen MR) is 119 cm³/mol. The Balaban J connectivity index is 1.96. The average molecular weight is 435 g/mol. The van der Waals surface area contributed by atoms with Gasteiger partial charge in [0.2, 0.25) is 10.0 Å². The average Bonchev–Trinajstić information content (AvgIpc) is 2.94.